The Bertz CT molecular complexity index is 646. The van der Waals surface area contributed by atoms with E-state index in [1.54, 1.807) is 10.7 Å². The van der Waals surface area contributed by atoms with Crippen molar-refractivity contribution in [2.75, 3.05) is 12.8 Å². The summed E-state index contributed by atoms with van der Waals surface area (Å²) in [5, 5.41) is 4.29. The number of aryl methyl sites for hydroxylation is 3. The molecule has 0 aliphatic rings. The first-order chi connectivity index (χ1) is 8.93. The minimum Gasteiger partial charge on any atom is -0.465 e. The summed E-state index contributed by atoms with van der Waals surface area (Å²) >= 11 is 0. The summed E-state index contributed by atoms with van der Waals surface area (Å²) in [6.07, 6.45) is 0. The SMILES string of the molecule is COC(=O)c1cc(-n2nc(C)nc2C)cc(C)c1N. The van der Waals surface area contributed by atoms with Gasteiger partial charge in [0.2, 0.25) is 0 Å². The lowest BCUT2D eigenvalue weighted by Crippen LogP contribution is -2.10. The minimum atomic E-state index is -0.461. The molecule has 6 heteroatoms. The Hall–Kier alpha value is -2.37. The number of anilines is 1. The van der Waals surface area contributed by atoms with E-state index in [0.717, 1.165) is 17.1 Å². The number of nitrogens with two attached hydrogens (primary N) is 1. The zero-order valence-electron chi connectivity index (χ0n) is 11.4. The first kappa shape index (κ1) is 13.1. The smallest absolute Gasteiger partial charge is 0.340 e. The van der Waals surface area contributed by atoms with Gasteiger partial charge in [-0.3, -0.25) is 0 Å². The van der Waals surface area contributed by atoms with Crippen LogP contribution in [0, 0.1) is 20.8 Å². The lowest BCUT2D eigenvalue weighted by atomic mass is 10.1. The monoisotopic (exact) mass is 260 g/mol. The van der Waals surface area contributed by atoms with Gasteiger partial charge in [0.25, 0.3) is 0 Å². The summed E-state index contributed by atoms with van der Waals surface area (Å²) in [7, 11) is 1.33. The fourth-order valence-electron chi connectivity index (χ4n) is 1.95. The van der Waals surface area contributed by atoms with Gasteiger partial charge < -0.3 is 10.5 Å². The second-order valence-corrected chi connectivity index (χ2v) is 4.33. The summed E-state index contributed by atoms with van der Waals surface area (Å²) in [5.74, 6) is 0.959. The summed E-state index contributed by atoms with van der Waals surface area (Å²) in [6.45, 7) is 5.50. The van der Waals surface area contributed by atoms with Gasteiger partial charge in [-0.25, -0.2) is 14.5 Å². The molecule has 19 heavy (non-hydrogen) atoms. The van der Waals surface area contributed by atoms with Crippen LogP contribution in [0.3, 0.4) is 0 Å². The maximum Gasteiger partial charge on any atom is 0.340 e. The van der Waals surface area contributed by atoms with Gasteiger partial charge in [0, 0.05) is 5.69 Å². The van der Waals surface area contributed by atoms with Crippen LogP contribution in [0.2, 0.25) is 0 Å². The molecule has 0 unspecified atom stereocenters. The summed E-state index contributed by atoms with van der Waals surface area (Å²) < 4.78 is 6.41. The van der Waals surface area contributed by atoms with Gasteiger partial charge >= 0.3 is 5.97 Å². The highest BCUT2D eigenvalue weighted by molar-refractivity contribution is 5.96. The van der Waals surface area contributed by atoms with Crippen molar-refractivity contribution in [1.82, 2.24) is 14.8 Å². The molecule has 0 amide bonds. The van der Waals surface area contributed by atoms with E-state index in [-0.39, 0.29) is 0 Å². The molecule has 0 atom stereocenters. The third-order valence-electron chi connectivity index (χ3n) is 2.90. The quantitative estimate of drug-likeness (QED) is 0.654. The third kappa shape index (κ3) is 2.29. The molecule has 1 aromatic carbocycles. The summed E-state index contributed by atoms with van der Waals surface area (Å²) in [6, 6.07) is 3.53. The molecule has 0 bridgehead atoms. The average molecular weight is 260 g/mol. The number of carbonyl (C=O) groups excluding carboxylic acids is 1. The van der Waals surface area contributed by atoms with Crippen LogP contribution >= 0.6 is 0 Å². The Morgan fingerprint density at radius 2 is 2.00 bits per heavy atom. The number of nitrogens with zero attached hydrogens (tertiary/aromatic N) is 3. The molecule has 0 saturated heterocycles. The van der Waals surface area contributed by atoms with Gasteiger partial charge in [0.15, 0.2) is 0 Å². The molecule has 0 radical (unpaired) electrons. The highest BCUT2D eigenvalue weighted by atomic mass is 16.5. The molecule has 2 rings (SSSR count). The lowest BCUT2D eigenvalue weighted by molar-refractivity contribution is 0.0602. The van der Waals surface area contributed by atoms with E-state index >= 15 is 0 Å². The number of benzene rings is 1. The molecule has 2 aromatic rings. The fourth-order valence-corrected chi connectivity index (χ4v) is 1.95. The molecular weight excluding hydrogens is 244 g/mol. The van der Waals surface area contributed by atoms with Crippen LogP contribution in [-0.4, -0.2) is 27.8 Å². The molecule has 100 valence electrons. The second-order valence-electron chi connectivity index (χ2n) is 4.33. The maximum absolute atomic E-state index is 11.7. The number of hydrogen-bond donors (Lipinski definition) is 1. The Balaban J connectivity index is 2.63. The molecule has 1 heterocycles. The molecular formula is C13H16N4O2. The number of aromatic nitrogens is 3. The first-order valence-electron chi connectivity index (χ1n) is 5.83. The molecule has 0 aliphatic carbocycles. The van der Waals surface area contributed by atoms with Crippen LogP contribution in [0.4, 0.5) is 5.69 Å². The minimum absolute atomic E-state index is 0.338. The van der Waals surface area contributed by atoms with Gasteiger partial charge in [-0.05, 0) is 38.5 Å². The normalized spacial score (nSPS) is 10.5. The van der Waals surface area contributed by atoms with Crippen molar-refractivity contribution in [2.45, 2.75) is 20.8 Å². The van der Waals surface area contributed by atoms with Crippen LogP contribution in [0.25, 0.3) is 5.69 Å². The molecule has 0 aliphatic heterocycles. The second kappa shape index (κ2) is 4.72. The van der Waals surface area contributed by atoms with Crippen molar-refractivity contribution in [1.29, 1.82) is 0 Å². The first-order valence-corrected chi connectivity index (χ1v) is 5.83. The number of ether oxygens (including phenoxy) is 1. The van der Waals surface area contributed by atoms with Gasteiger partial charge in [-0.15, -0.1) is 0 Å². The van der Waals surface area contributed by atoms with Crippen LogP contribution in [-0.2, 0) is 4.74 Å². The van der Waals surface area contributed by atoms with E-state index in [4.69, 9.17) is 10.5 Å². The average Bonchev–Trinajstić information content (AvgIpc) is 2.70. The van der Waals surface area contributed by atoms with Gasteiger partial charge in [-0.2, -0.15) is 5.10 Å². The zero-order chi connectivity index (χ0) is 14.2. The number of carbonyl (C=O) groups is 1. The van der Waals surface area contributed by atoms with Crippen LogP contribution in [0.1, 0.15) is 27.6 Å². The summed E-state index contributed by atoms with van der Waals surface area (Å²) in [4.78, 5) is 16.0. The van der Waals surface area contributed by atoms with E-state index in [9.17, 15) is 4.79 Å². The van der Waals surface area contributed by atoms with Crippen LogP contribution < -0.4 is 5.73 Å². The molecule has 0 saturated carbocycles. The number of rotatable bonds is 2. The highest BCUT2D eigenvalue weighted by Crippen LogP contribution is 2.23. The van der Waals surface area contributed by atoms with Gasteiger partial charge in [0.1, 0.15) is 11.6 Å². The van der Waals surface area contributed by atoms with E-state index in [1.165, 1.54) is 7.11 Å². The van der Waals surface area contributed by atoms with Gasteiger partial charge in [0.05, 0.1) is 18.4 Å². The van der Waals surface area contributed by atoms with Crippen molar-refractivity contribution < 1.29 is 9.53 Å². The standard InChI is InChI=1S/C13H16N4O2/c1-7-5-10(17-9(3)15-8(2)16-17)6-11(12(7)14)13(18)19-4/h5-6H,14H2,1-4H3. The van der Waals surface area contributed by atoms with Gasteiger partial charge in [-0.1, -0.05) is 0 Å². The largest absolute Gasteiger partial charge is 0.465 e. The Labute approximate surface area is 111 Å². The van der Waals surface area contributed by atoms with E-state index in [1.807, 2.05) is 26.8 Å². The van der Waals surface area contributed by atoms with E-state index in [0.29, 0.717) is 17.1 Å². The molecule has 2 N–H and O–H groups in total. The van der Waals surface area contributed by atoms with Crippen molar-refractivity contribution in [2.24, 2.45) is 0 Å². The number of methoxy groups -OCH3 is 1. The Kier molecular flexibility index (Phi) is 3.25. The molecule has 6 nitrogen and oxygen atoms in total. The third-order valence-corrected chi connectivity index (χ3v) is 2.90. The molecule has 1 aromatic heterocycles. The van der Waals surface area contributed by atoms with Crippen molar-refractivity contribution >= 4 is 11.7 Å². The number of nitrogen functional groups attached to an aromatic ring is 1. The fraction of sp³-hybridized carbons (Fsp3) is 0.308. The van der Waals surface area contributed by atoms with Crippen molar-refractivity contribution in [3.63, 3.8) is 0 Å². The number of hydrogen-bond acceptors (Lipinski definition) is 5. The predicted molar refractivity (Wildman–Crippen MR) is 71.3 cm³/mol. The van der Waals surface area contributed by atoms with E-state index in [2.05, 4.69) is 10.1 Å². The van der Waals surface area contributed by atoms with Crippen LogP contribution in [0.5, 0.6) is 0 Å². The zero-order valence-corrected chi connectivity index (χ0v) is 11.4. The van der Waals surface area contributed by atoms with Crippen LogP contribution in [0.15, 0.2) is 12.1 Å². The topological polar surface area (TPSA) is 83.0 Å². The summed E-state index contributed by atoms with van der Waals surface area (Å²) in [5.41, 5.74) is 8.20. The Morgan fingerprint density at radius 1 is 1.32 bits per heavy atom. The predicted octanol–water partition coefficient (Wildman–Crippen LogP) is 1.56. The maximum atomic E-state index is 11.7. The molecule has 0 spiro atoms. The lowest BCUT2D eigenvalue weighted by Gasteiger charge is -2.11. The Morgan fingerprint density at radius 3 is 2.53 bits per heavy atom. The van der Waals surface area contributed by atoms with Crippen molar-refractivity contribution in [3.05, 3.63) is 34.9 Å². The van der Waals surface area contributed by atoms with E-state index < -0.39 is 5.97 Å². The number of esters is 1. The molecule has 0 fully saturated rings. The highest BCUT2D eigenvalue weighted by Gasteiger charge is 2.15. The van der Waals surface area contributed by atoms with Crippen molar-refractivity contribution in [3.8, 4) is 5.69 Å².